The second-order valence-electron chi connectivity index (χ2n) is 6.94. The van der Waals surface area contributed by atoms with E-state index >= 15 is 0 Å². The molecule has 1 atom stereocenters. The lowest BCUT2D eigenvalue weighted by molar-refractivity contribution is -0.129. The third kappa shape index (κ3) is 4.01. The van der Waals surface area contributed by atoms with Gasteiger partial charge in [-0.2, -0.15) is 0 Å². The number of thiazole rings is 1. The smallest absolute Gasteiger partial charge is 0.243 e. The van der Waals surface area contributed by atoms with Gasteiger partial charge in [0.15, 0.2) is 0 Å². The van der Waals surface area contributed by atoms with Gasteiger partial charge in [-0.05, 0) is 13.8 Å². The molecule has 0 spiro atoms. The standard InChI is InChI=1S/C15H23N3O2S2/c1-14(2,3)10-8-21-11(18-10)6-16-12(19)9-7-22-15(4,5)13(20)17-9/h8-9H,6-7H2,1-5H3,(H,16,19)(H,17,20)/t9-/m1/s1. The number of nitrogens with zero attached hydrogens (tertiary/aromatic N) is 1. The molecular formula is C15H23N3O2S2. The van der Waals surface area contributed by atoms with E-state index in [-0.39, 0.29) is 17.2 Å². The number of hydrogen-bond acceptors (Lipinski definition) is 5. The van der Waals surface area contributed by atoms with E-state index in [1.165, 1.54) is 11.8 Å². The minimum Gasteiger partial charge on any atom is -0.348 e. The van der Waals surface area contributed by atoms with Gasteiger partial charge < -0.3 is 10.6 Å². The van der Waals surface area contributed by atoms with Crippen LogP contribution in [0.25, 0.3) is 0 Å². The van der Waals surface area contributed by atoms with Crippen molar-refractivity contribution in [1.29, 1.82) is 0 Å². The minimum atomic E-state index is -0.465. The van der Waals surface area contributed by atoms with Crippen LogP contribution in [-0.4, -0.2) is 33.3 Å². The van der Waals surface area contributed by atoms with Crippen molar-refractivity contribution in [3.05, 3.63) is 16.1 Å². The number of amides is 2. The van der Waals surface area contributed by atoms with Crippen LogP contribution in [0.1, 0.15) is 45.3 Å². The van der Waals surface area contributed by atoms with Gasteiger partial charge in [-0.3, -0.25) is 9.59 Å². The van der Waals surface area contributed by atoms with Crippen molar-refractivity contribution >= 4 is 34.9 Å². The monoisotopic (exact) mass is 341 g/mol. The van der Waals surface area contributed by atoms with Crippen molar-refractivity contribution < 1.29 is 9.59 Å². The normalized spacial score (nSPS) is 21.3. The first-order valence-electron chi connectivity index (χ1n) is 7.27. The van der Waals surface area contributed by atoms with Gasteiger partial charge in [0.1, 0.15) is 11.0 Å². The number of nitrogens with one attached hydrogen (secondary N) is 2. The highest BCUT2D eigenvalue weighted by atomic mass is 32.2. The summed E-state index contributed by atoms with van der Waals surface area (Å²) in [5.74, 6) is 0.354. The largest absolute Gasteiger partial charge is 0.348 e. The van der Waals surface area contributed by atoms with Crippen molar-refractivity contribution in [2.75, 3.05) is 5.75 Å². The highest BCUT2D eigenvalue weighted by molar-refractivity contribution is 8.01. The zero-order chi connectivity index (χ0) is 16.5. The molecule has 0 saturated carbocycles. The van der Waals surface area contributed by atoms with Gasteiger partial charge in [0.25, 0.3) is 0 Å². The summed E-state index contributed by atoms with van der Waals surface area (Å²) in [7, 11) is 0. The van der Waals surface area contributed by atoms with Gasteiger partial charge in [-0.25, -0.2) is 4.98 Å². The molecule has 22 heavy (non-hydrogen) atoms. The van der Waals surface area contributed by atoms with Crippen LogP contribution in [0.5, 0.6) is 0 Å². The molecule has 2 rings (SSSR count). The SMILES string of the molecule is CC1(C)SC[C@H](C(=O)NCc2nc(C(C)(C)C)cs2)NC1=O. The van der Waals surface area contributed by atoms with Crippen molar-refractivity contribution in [1.82, 2.24) is 15.6 Å². The number of carbonyl (C=O) groups is 2. The predicted octanol–water partition coefficient (Wildman–Crippen LogP) is 2.07. The molecule has 2 heterocycles. The van der Waals surface area contributed by atoms with E-state index in [1.807, 2.05) is 19.2 Å². The van der Waals surface area contributed by atoms with Gasteiger partial charge in [0.2, 0.25) is 11.8 Å². The summed E-state index contributed by atoms with van der Waals surface area (Å²) in [5, 5.41) is 8.56. The van der Waals surface area contributed by atoms with Gasteiger partial charge in [-0.15, -0.1) is 23.1 Å². The highest BCUT2D eigenvalue weighted by Crippen LogP contribution is 2.29. The zero-order valence-electron chi connectivity index (χ0n) is 13.6. The van der Waals surface area contributed by atoms with Gasteiger partial charge in [-0.1, -0.05) is 20.8 Å². The summed E-state index contributed by atoms with van der Waals surface area (Å²) in [5.41, 5.74) is 1.04. The first kappa shape index (κ1) is 17.3. The Morgan fingerprint density at radius 3 is 2.73 bits per heavy atom. The van der Waals surface area contributed by atoms with E-state index in [2.05, 4.69) is 36.4 Å². The lowest BCUT2D eigenvalue weighted by atomic mass is 9.93. The number of thioether (sulfide) groups is 1. The molecule has 5 nitrogen and oxygen atoms in total. The van der Waals surface area contributed by atoms with Crippen molar-refractivity contribution in [3.63, 3.8) is 0 Å². The molecule has 0 aliphatic carbocycles. The highest BCUT2D eigenvalue weighted by Gasteiger charge is 2.37. The number of hydrogen-bond donors (Lipinski definition) is 2. The fourth-order valence-electron chi connectivity index (χ4n) is 1.89. The van der Waals surface area contributed by atoms with Crippen LogP contribution in [0.2, 0.25) is 0 Å². The summed E-state index contributed by atoms with van der Waals surface area (Å²) in [6.45, 7) is 10.5. The number of carbonyl (C=O) groups excluding carboxylic acids is 2. The van der Waals surface area contributed by atoms with Crippen LogP contribution in [0.4, 0.5) is 0 Å². The van der Waals surface area contributed by atoms with Crippen molar-refractivity contribution in [3.8, 4) is 0 Å². The molecule has 0 aromatic carbocycles. The van der Waals surface area contributed by atoms with Crippen LogP contribution in [-0.2, 0) is 21.5 Å². The van der Waals surface area contributed by atoms with Crippen LogP contribution < -0.4 is 10.6 Å². The van der Waals surface area contributed by atoms with Gasteiger partial charge >= 0.3 is 0 Å². The Morgan fingerprint density at radius 1 is 1.50 bits per heavy atom. The first-order valence-corrected chi connectivity index (χ1v) is 9.13. The first-order chi connectivity index (χ1) is 10.1. The third-order valence-electron chi connectivity index (χ3n) is 3.51. The molecule has 1 saturated heterocycles. The van der Waals surface area contributed by atoms with E-state index in [0.29, 0.717) is 12.3 Å². The van der Waals surface area contributed by atoms with Crippen molar-refractivity contribution in [2.45, 2.75) is 57.4 Å². The molecule has 1 aromatic heterocycles. The lowest BCUT2D eigenvalue weighted by Gasteiger charge is -2.32. The van der Waals surface area contributed by atoms with Gasteiger partial charge in [0.05, 0.1) is 17.0 Å². The lowest BCUT2D eigenvalue weighted by Crippen LogP contribution is -2.57. The van der Waals surface area contributed by atoms with E-state index in [9.17, 15) is 9.59 Å². The Bertz CT molecular complexity index is 576. The quantitative estimate of drug-likeness (QED) is 0.883. The predicted molar refractivity (Wildman–Crippen MR) is 91.1 cm³/mol. The Labute approximate surface area is 139 Å². The molecule has 122 valence electrons. The van der Waals surface area contributed by atoms with Crippen molar-refractivity contribution in [2.24, 2.45) is 0 Å². The Balaban J connectivity index is 1.88. The molecule has 0 unspecified atom stereocenters. The Morgan fingerprint density at radius 2 is 2.18 bits per heavy atom. The molecule has 0 bridgehead atoms. The molecule has 2 N–H and O–H groups in total. The molecule has 7 heteroatoms. The van der Waals surface area contributed by atoms with E-state index in [0.717, 1.165) is 10.7 Å². The maximum atomic E-state index is 12.2. The molecule has 1 fully saturated rings. The summed E-state index contributed by atoms with van der Waals surface area (Å²) >= 11 is 3.06. The average molecular weight is 342 g/mol. The minimum absolute atomic E-state index is 0.0122. The maximum Gasteiger partial charge on any atom is 0.243 e. The van der Waals surface area contributed by atoms with E-state index in [1.54, 1.807) is 11.3 Å². The molecule has 1 aromatic rings. The topological polar surface area (TPSA) is 71.1 Å². The Hall–Kier alpha value is -1.08. The zero-order valence-corrected chi connectivity index (χ0v) is 15.3. The fraction of sp³-hybridized carbons (Fsp3) is 0.667. The summed E-state index contributed by atoms with van der Waals surface area (Å²) < 4.78 is -0.465. The molecular weight excluding hydrogens is 318 g/mol. The summed E-state index contributed by atoms with van der Waals surface area (Å²) in [6, 6.07) is -0.465. The molecule has 1 aliphatic heterocycles. The molecule has 2 amide bonds. The van der Waals surface area contributed by atoms with E-state index in [4.69, 9.17) is 0 Å². The van der Waals surface area contributed by atoms with Crippen LogP contribution >= 0.6 is 23.1 Å². The summed E-state index contributed by atoms with van der Waals surface area (Å²) in [4.78, 5) is 28.6. The average Bonchev–Trinajstić information content (AvgIpc) is 2.88. The van der Waals surface area contributed by atoms with Gasteiger partial charge in [0, 0.05) is 16.5 Å². The number of aromatic nitrogens is 1. The summed E-state index contributed by atoms with van der Waals surface area (Å²) in [6.07, 6.45) is 0. The molecule has 1 aliphatic rings. The number of rotatable bonds is 3. The van der Waals surface area contributed by atoms with E-state index < -0.39 is 10.8 Å². The maximum absolute atomic E-state index is 12.2. The second kappa shape index (κ2) is 6.20. The van der Waals surface area contributed by atoms with Crippen LogP contribution in [0.3, 0.4) is 0 Å². The van der Waals surface area contributed by atoms with Crippen LogP contribution in [0.15, 0.2) is 5.38 Å². The van der Waals surface area contributed by atoms with Crippen LogP contribution in [0, 0.1) is 0 Å². The third-order valence-corrected chi connectivity index (χ3v) is 5.77. The second-order valence-corrected chi connectivity index (χ2v) is 9.53. The fourth-order valence-corrected chi connectivity index (χ4v) is 3.86. The Kier molecular flexibility index (Phi) is 4.87. The molecule has 0 radical (unpaired) electrons.